The van der Waals surface area contributed by atoms with Crippen molar-refractivity contribution in [1.82, 2.24) is 0 Å². The molecule has 0 amide bonds. The van der Waals surface area contributed by atoms with Gasteiger partial charge in [-0.3, -0.25) is 0 Å². The van der Waals surface area contributed by atoms with Gasteiger partial charge in [0.05, 0.1) is 26.4 Å². The highest BCUT2D eigenvalue weighted by atomic mass is 16.8. The van der Waals surface area contributed by atoms with E-state index in [9.17, 15) is 71.5 Å². The van der Waals surface area contributed by atoms with E-state index in [-0.39, 0.29) is 0 Å². The van der Waals surface area contributed by atoms with Crippen molar-refractivity contribution in [2.75, 3.05) is 26.4 Å². The summed E-state index contributed by atoms with van der Waals surface area (Å²) in [5.74, 6) is 0. The first-order valence-corrected chi connectivity index (χ1v) is 14.1. The van der Waals surface area contributed by atoms with Crippen molar-refractivity contribution in [3.8, 4) is 0 Å². The Morgan fingerprint density at radius 2 is 0.822 bits per heavy atom. The Bertz CT molecular complexity index is 914. The van der Waals surface area contributed by atoms with E-state index in [2.05, 4.69) is 0 Å². The summed E-state index contributed by atoms with van der Waals surface area (Å²) in [6.07, 6.45) is -35.7. The van der Waals surface area contributed by atoms with Crippen molar-refractivity contribution in [2.45, 2.75) is 123 Å². The molecular formula is C24H42O21. The van der Waals surface area contributed by atoms with Gasteiger partial charge in [-0.25, -0.2) is 0 Å². The van der Waals surface area contributed by atoms with E-state index in [0.29, 0.717) is 0 Å². The molecule has 4 rings (SSSR count). The summed E-state index contributed by atoms with van der Waals surface area (Å²) in [6.45, 7) is -3.15. The van der Waals surface area contributed by atoms with Crippen molar-refractivity contribution >= 4 is 0 Å². The SMILES string of the molecule is OC[C@H]1O[C@H](OC[C@H]2O[C@H](O)[C@H](O)[C@@H](O[C@H]3O[C@H](CO)[C@H](O)[C@H](O)[C@H]3O[C@H]3O[C@H](CO)[C@@H](O)[C@H](O)[C@H]3O)[C@@H]2O)[C@H](O)[C@@H](O)[C@H]1O. The van der Waals surface area contributed by atoms with Gasteiger partial charge in [-0.2, -0.15) is 0 Å². The second kappa shape index (κ2) is 15.6. The van der Waals surface area contributed by atoms with Crippen LogP contribution >= 0.6 is 0 Å². The van der Waals surface area contributed by atoms with E-state index in [1.807, 2.05) is 0 Å². The molecule has 0 radical (unpaired) electrons. The van der Waals surface area contributed by atoms with E-state index in [4.69, 9.17) is 33.2 Å². The minimum Gasteiger partial charge on any atom is -0.394 e. The lowest BCUT2D eigenvalue weighted by Gasteiger charge is -2.48. The fourth-order valence-corrected chi connectivity index (χ4v) is 5.41. The van der Waals surface area contributed by atoms with Crippen molar-refractivity contribution in [2.24, 2.45) is 0 Å². The molecule has 4 fully saturated rings. The molecule has 21 nitrogen and oxygen atoms in total. The lowest BCUT2D eigenvalue weighted by Crippen LogP contribution is -2.67. The predicted octanol–water partition coefficient (Wildman–Crippen LogP) is -9.75. The van der Waals surface area contributed by atoms with Gasteiger partial charge in [0.25, 0.3) is 0 Å². The normalized spacial score (nSPS) is 52.9. The topological polar surface area (TPSA) is 348 Å². The first-order chi connectivity index (χ1) is 21.2. The molecule has 0 aromatic carbocycles. The van der Waals surface area contributed by atoms with Gasteiger partial charge in [-0.15, -0.1) is 0 Å². The average Bonchev–Trinajstić information content (AvgIpc) is 3.03. The first kappa shape index (κ1) is 37.0. The van der Waals surface area contributed by atoms with Crippen LogP contribution in [0.2, 0.25) is 0 Å². The highest BCUT2D eigenvalue weighted by Crippen LogP contribution is 2.33. The molecule has 4 aliphatic heterocycles. The molecule has 0 saturated carbocycles. The second-order valence-electron chi connectivity index (χ2n) is 11.2. The highest BCUT2D eigenvalue weighted by Gasteiger charge is 2.54. The number of rotatable bonds is 10. The van der Waals surface area contributed by atoms with E-state index < -0.39 is 149 Å². The highest BCUT2D eigenvalue weighted by molar-refractivity contribution is 4.97. The summed E-state index contributed by atoms with van der Waals surface area (Å²) in [5.41, 5.74) is 0. The standard InChI is InChI=1S/C24H42O21/c25-1-5-9(28)13(32)16(35)22(41-5)39-4-8-12(31)19(18(37)21(38)40-8)44-24-20(15(34)11(30)7(3-27)43-24)45-23-17(36)14(33)10(29)6(2-26)42-23/h5-38H,1-4H2/t5-,6-,7-,8-,9+,10-,11+,12-,13+,14+,15+,16-,17-,18-,19+,20-,21+,22+,23-,24-/m1/s1. The molecular weight excluding hydrogens is 624 g/mol. The van der Waals surface area contributed by atoms with E-state index in [0.717, 1.165) is 0 Å². The van der Waals surface area contributed by atoms with Crippen LogP contribution in [0.5, 0.6) is 0 Å². The van der Waals surface area contributed by atoms with E-state index >= 15 is 0 Å². The third-order valence-electron chi connectivity index (χ3n) is 8.19. The number of ether oxygens (including phenoxy) is 7. The second-order valence-corrected chi connectivity index (χ2v) is 11.2. The molecule has 0 bridgehead atoms. The lowest BCUT2D eigenvalue weighted by atomic mass is 9.96. The third kappa shape index (κ3) is 7.59. The summed E-state index contributed by atoms with van der Waals surface area (Å²) in [4.78, 5) is 0. The average molecular weight is 667 g/mol. The number of hydrogen-bond acceptors (Lipinski definition) is 21. The molecule has 20 atom stereocenters. The van der Waals surface area contributed by atoms with Gasteiger partial charge in [-0.05, 0) is 0 Å². The molecule has 4 heterocycles. The van der Waals surface area contributed by atoms with Crippen LogP contribution in [-0.2, 0) is 33.2 Å². The number of aliphatic hydroxyl groups is 14. The molecule has 0 spiro atoms. The molecule has 21 heteroatoms. The molecule has 14 N–H and O–H groups in total. The lowest BCUT2D eigenvalue weighted by molar-refractivity contribution is -0.389. The Balaban J connectivity index is 1.50. The van der Waals surface area contributed by atoms with Gasteiger partial charge in [-0.1, -0.05) is 0 Å². The number of aliphatic hydroxyl groups excluding tert-OH is 14. The Labute approximate surface area is 254 Å². The molecule has 0 aromatic rings. The Hall–Kier alpha value is -0.840. The van der Waals surface area contributed by atoms with Crippen LogP contribution in [0, 0.1) is 0 Å². The van der Waals surface area contributed by atoms with Crippen LogP contribution in [0.4, 0.5) is 0 Å². The summed E-state index contributed by atoms with van der Waals surface area (Å²) >= 11 is 0. The van der Waals surface area contributed by atoms with Crippen LogP contribution in [-0.4, -0.2) is 221 Å². The zero-order valence-corrected chi connectivity index (χ0v) is 23.5. The Kier molecular flexibility index (Phi) is 12.8. The van der Waals surface area contributed by atoms with E-state index in [1.54, 1.807) is 0 Å². The maximum Gasteiger partial charge on any atom is 0.187 e. The van der Waals surface area contributed by atoms with Gasteiger partial charge >= 0.3 is 0 Å². The van der Waals surface area contributed by atoms with Gasteiger partial charge in [0.1, 0.15) is 97.7 Å². The van der Waals surface area contributed by atoms with Crippen LogP contribution in [0.1, 0.15) is 0 Å². The monoisotopic (exact) mass is 666 g/mol. The van der Waals surface area contributed by atoms with Crippen LogP contribution in [0.15, 0.2) is 0 Å². The molecule has 0 aliphatic carbocycles. The van der Waals surface area contributed by atoms with Crippen molar-refractivity contribution in [3.63, 3.8) is 0 Å². The third-order valence-corrected chi connectivity index (χ3v) is 8.19. The molecule has 4 aliphatic rings. The largest absolute Gasteiger partial charge is 0.394 e. The van der Waals surface area contributed by atoms with Crippen LogP contribution < -0.4 is 0 Å². The fraction of sp³-hybridized carbons (Fsp3) is 1.00. The summed E-state index contributed by atoms with van der Waals surface area (Å²) < 4.78 is 37.7. The predicted molar refractivity (Wildman–Crippen MR) is 134 cm³/mol. The molecule has 4 saturated heterocycles. The summed E-state index contributed by atoms with van der Waals surface area (Å²) in [5, 5.41) is 142. The summed E-state index contributed by atoms with van der Waals surface area (Å²) in [6, 6.07) is 0. The minimum atomic E-state index is -2.06. The maximum absolute atomic E-state index is 11.0. The molecule has 0 aromatic heterocycles. The minimum absolute atomic E-state index is 0.704. The first-order valence-electron chi connectivity index (χ1n) is 14.1. The maximum atomic E-state index is 11.0. The van der Waals surface area contributed by atoms with Gasteiger partial charge in [0.15, 0.2) is 25.2 Å². The van der Waals surface area contributed by atoms with Gasteiger partial charge in [0, 0.05) is 0 Å². The Morgan fingerprint density at radius 1 is 0.378 bits per heavy atom. The van der Waals surface area contributed by atoms with Crippen LogP contribution in [0.3, 0.4) is 0 Å². The number of hydrogen-bond donors (Lipinski definition) is 14. The molecule has 264 valence electrons. The zero-order chi connectivity index (χ0) is 33.3. The zero-order valence-electron chi connectivity index (χ0n) is 23.5. The van der Waals surface area contributed by atoms with Gasteiger partial charge in [0.2, 0.25) is 0 Å². The fourth-order valence-electron chi connectivity index (χ4n) is 5.41. The Morgan fingerprint density at radius 3 is 1.36 bits per heavy atom. The smallest absolute Gasteiger partial charge is 0.187 e. The quantitative estimate of drug-likeness (QED) is 0.103. The summed E-state index contributed by atoms with van der Waals surface area (Å²) in [7, 11) is 0. The van der Waals surface area contributed by atoms with Gasteiger partial charge < -0.3 is 105 Å². The van der Waals surface area contributed by atoms with Crippen molar-refractivity contribution in [3.05, 3.63) is 0 Å². The van der Waals surface area contributed by atoms with Crippen molar-refractivity contribution in [1.29, 1.82) is 0 Å². The molecule has 0 unspecified atom stereocenters. The van der Waals surface area contributed by atoms with Crippen molar-refractivity contribution < 1.29 is 105 Å². The van der Waals surface area contributed by atoms with E-state index in [1.165, 1.54) is 0 Å². The van der Waals surface area contributed by atoms with Crippen LogP contribution in [0.25, 0.3) is 0 Å². The molecule has 45 heavy (non-hydrogen) atoms.